The van der Waals surface area contributed by atoms with Crippen LogP contribution in [0.25, 0.3) is 0 Å². The van der Waals surface area contributed by atoms with Crippen LogP contribution in [0.5, 0.6) is 0 Å². The summed E-state index contributed by atoms with van der Waals surface area (Å²) in [6, 6.07) is 6.07. The molecule has 0 radical (unpaired) electrons. The van der Waals surface area contributed by atoms with E-state index in [1.165, 1.54) is 0 Å². The first-order valence-corrected chi connectivity index (χ1v) is 7.21. The number of hydrogen-bond acceptors (Lipinski definition) is 5. The standard InChI is InChI=1S/C14H18BrN5/c1-4-12-18-13(9(3)14(19-12)20-16)17-10-5-6-11(15)8(2)7-10/h5-7H,4,16H2,1-3H3,(H2,17,18,19,20). The number of nitrogens with two attached hydrogens (primary N) is 1. The van der Waals surface area contributed by atoms with E-state index in [4.69, 9.17) is 5.84 Å². The highest BCUT2D eigenvalue weighted by Gasteiger charge is 2.10. The second-order valence-corrected chi connectivity index (χ2v) is 5.40. The predicted octanol–water partition coefficient (Wildman–Crippen LogP) is 3.45. The van der Waals surface area contributed by atoms with E-state index in [1.807, 2.05) is 32.9 Å². The van der Waals surface area contributed by atoms with E-state index in [0.717, 1.165) is 39.4 Å². The Kier molecular flexibility index (Phi) is 4.57. The molecule has 0 aliphatic heterocycles. The average molecular weight is 336 g/mol. The lowest BCUT2D eigenvalue weighted by Gasteiger charge is -2.13. The van der Waals surface area contributed by atoms with E-state index < -0.39 is 0 Å². The SMILES string of the molecule is CCc1nc(NN)c(C)c(Nc2ccc(Br)c(C)c2)n1. The Morgan fingerprint density at radius 2 is 1.90 bits per heavy atom. The van der Waals surface area contributed by atoms with E-state index in [2.05, 4.69) is 42.7 Å². The van der Waals surface area contributed by atoms with Crippen LogP contribution in [-0.4, -0.2) is 9.97 Å². The van der Waals surface area contributed by atoms with E-state index >= 15 is 0 Å². The zero-order valence-corrected chi connectivity index (χ0v) is 13.4. The predicted molar refractivity (Wildman–Crippen MR) is 86.1 cm³/mol. The molecule has 1 aromatic carbocycles. The highest BCUT2D eigenvalue weighted by Crippen LogP contribution is 2.26. The molecule has 1 aromatic heterocycles. The van der Waals surface area contributed by atoms with Gasteiger partial charge >= 0.3 is 0 Å². The van der Waals surface area contributed by atoms with Crippen molar-refractivity contribution in [1.82, 2.24) is 9.97 Å². The number of nitrogen functional groups attached to an aromatic ring is 1. The maximum atomic E-state index is 5.51. The summed E-state index contributed by atoms with van der Waals surface area (Å²) in [7, 11) is 0. The first kappa shape index (κ1) is 14.7. The molecule has 0 fully saturated rings. The van der Waals surface area contributed by atoms with Crippen LogP contribution in [0.15, 0.2) is 22.7 Å². The smallest absolute Gasteiger partial charge is 0.148 e. The van der Waals surface area contributed by atoms with Gasteiger partial charge in [-0.25, -0.2) is 15.8 Å². The van der Waals surface area contributed by atoms with Crippen molar-refractivity contribution < 1.29 is 0 Å². The zero-order valence-electron chi connectivity index (χ0n) is 11.8. The molecule has 0 bridgehead atoms. The molecule has 0 aliphatic rings. The minimum absolute atomic E-state index is 0.646. The number of hydrazine groups is 1. The third kappa shape index (κ3) is 3.08. The van der Waals surface area contributed by atoms with Gasteiger partial charge in [0.05, 0.1) is 0 Å². The van der Waals surface area contributed by atoms with Crippen molar-refractivity contribution in [3.05, 3.63) is 39.6 Å². The summed E-state index contributed by atoms with van der Waals surface area (Å²) < 4.78 is 1.08. The van der Waals surface area contributed by atoms with Crippen molar-refractivity contribution >= 4 is 33.3 Å². The number of aromatic nitrogens is 2. The number of anilines is 3. The molecule has 0 spiro atoms. The number of halogens is 1. The minimum Gasteiger partial charge on any atom is -0.340 e. The van der Waals surface area contributed by atoms with Gasteiger partial charge in [0.1, 0.15) is 17.5 Å². The van der Waals surface area contributed by atoms with E-state index in [1.54, 1.807) is 0 Å². The number of aryl methyl sites for hydroxylation is 2. The summed E-state index contributed by atoms with van der Waals surface area (Å²) in [5, 5.41) is 3.32. The molecule has 2 rings (SSSR count). The van der Waals surface area contributed by atoms with Crippen molar-refractivity contribution in [3.8, 4) is 0 Å². The fraction of sp³-hybridized carbons (Fsp3) is 0.286. The van der Waals surface area contributed by atoms with E-state index in [9.17, 15) is 0 Å². The normalized spacial score (nSPS) is 10.4. The Hall–Kier alpha value is -1.66. The van der Waals surface area contributed by atoms with Crippen LogP contribution < -0.4 is 16.6 Å². The van der Waals surface area contributed by atoms with Crippen LogP contribution in [0.2, 0.25) is 0 Å². The lowest BCUT2D eigenvalue weighted by Crippen LogP contribution is -2.13. The van der Waals surface area contributed by atoms with Crippen molar-refractivity contribution in [1.29, 1.82) is 0 Å². The average Bonchev–Trinajstić information content (AvgIpc) is 2.45. The molecule has 0 unspecified atom stereocenters. The fourth-order valence-corrected chi connectivity index (χ4v) is 2.09. The molecule has 0 atom stereocenters. The van der Waals surface area contributed by atoms with Gasteiger partial charge in [0.15, 0.2) is 0 Å². The summed E-state index contributed by atoms with van der Waals surface area (Å²) in [5.74, 6) is 7.67. The van der Waals surface area contributed by atoms with Crippen molar-refractivity contribution in [3.63, 3.8) is 0 Å². The maximum absolute atomic E-state index is 5.51. The monoisotopic (exact) mass is 335 g/mol. The van der Waals surface area contributed by atoms with Gasteiger partial charge < -0.3 is 10.7 Å². The van der Waals surface area contributed by atoms with Crippen molar-refractivity contribution in [2.45, 2.75) is 27.2 Å². The summed E-state index contributed by atoms with van der Waals surface area (Å²) in [4.78, 5) is 8.87. The number of nitrogens with one attached hydrogen (secondary N) is 2. The number of nitrogens with zero attached hydrogens (tertiary/aromatic N) is 2. The molecule has 5 nitrogen and oxygen atoms in total. The Labute approximate surface area is 127 Å². The fourth-order valence-electron chi connectivity index (χ4n) is 1.84. The Morgan fingerprint density at radius 1 is 1.20 bits per heavy atom. The number of rotatable bonds is 4. The Balaban J connectivity index is 2.39. The topological polar surface area (TPSA) is 75.9 Å². The molecular formula is C14H18BrN5. The summed E-state index contributed by atoms with van der Waals surface area (Å²) >= 11 is 3.49. The highest BCUT2D eigenvalue weighted by atomic mass is 79.9. The van der Waals surface area contributed by atoms with Crippen LogP contribution in [0, 0.1) is 13.8 Å². The van der Waals surface area contributed by atoms with Crippen LogP contribution in [0.4, 0.5) is 17.3 Å². The first-order valence-electron chi connectivity index (χ1n) is 6.42. The summed E-state index contributed by atoms with van der Waals surface area (Å²) in [6.07, 6.45) is 0.753. The molecule has 0 amide bonds. The quantitative estimate of drug-likeness (QED) is 0.589. The van der Waals surface area contributed by atoms with Gasteiger partial charge in [-0.05, 0) is 37.6 Å². The molecule has 106 valence electrons. The van der Waals surface area contributed by atoms with Crippen LogP contribution in [0.1, 0.15) is 23.9 Å². The molecule has 6 heteroatoms. The summed E-state index contributed by atoms with van der Waals surface area (Å²) in [6.45, 7) is 5.99. The highest BCUT2D eigenvalue weighted by molar-refractivity contribution is 9.10. The summed E-state index contributed by atoms with van der Waals surface area (Å²) in [5.41, 5.74) is 5.66. The Bertz CT molecular complexity index is 627. The van der Waals surface area contributed by atoms with Gasteiger partial charge in [-0.15, -0.1) is 0 Å². The van der Waals surface area contributed by atoms with Gasteiger partial charge in [0, 0.05) is 22.1 Å². The van der Waals surface area contributed by atoms with Crippen LogP contribution >= 0.6 is 15.9 Å². The molecule has 0 aliphatic carbocycles. The minimum atomic E-state index is 0.646. The van der Waals surface area contributed by atoms with Crippen LogP contribution in [0.3, 0.4) is 0 Å². The third-order valence-corrected chi connectivity index (χ3v) is 3.96. The Morgan fingerprint density at radius 3 is 2.50 bits per heavy atom. The van der Waals surface area contributed by atoms with Gasteiger partial charge in [-0.3, -0.25) is 0 Å². The van der Waals surface area contributed by atoms with Gasteiger partial charge in [0.25, 0.3) is 0 Å². The molecule has 4 N–H and O–H groups in total. The second kappa shape index (κ2) is 6.19. The molecule has 1 heterocycles. The number of benzene rings is 1. The van der Waals surface area contributed by atoms with Crippen molar-refractivity contribution in [2.24, 2.45) is 5.84 Å². The maximum Gasteiger partial charge on any atom is 0.148 e. The molecule has 0 saturated carbocycles. The van der Waals surface area contributed by atoms with E-state index in [-0.39, 0.29) is 0 Å². The van der Waals surface area contributed by atoms with E-state index in [0.29, 0.717) is 5.82 Å². The largest absolute Gasteiger partial charge is 0.340 e. The number of hydrogen-bond donors (Lipinski definition) is 3. The van der Waals surface area contributed by atoms with Crippen molar-refractivity contribution in [2.75, 3.05) is 10.7 Å². The first-order chi connectivity index (χ1) is 9.55. The lowest BCUT2D eigenvalue weighted by molar-refractivity contribution is 0.932. The second-order valence-electron chi connectivity index (χ2n) is 4.55. The third-order valence-electron chi connectivity index (χ3n) is 3.07. The zero-order chi connectivity index (χ0) is 14.7. The van der Waals surface area contributed by atoms with Crippen LogP contribution in [-0.2, 0) is 6.42 Å². The van der Waals surface area contributed by atoms with Gasteiger partial charge in [0.2, 0.25) is 0 Å². The van der Waals surface area contributed by atoms with Gasteiger partial charge in [-0.1, -0.05) is 22.9 Å². The van der Waals surface area contributed by atoms with Gasteiger partial charge in [-0.2, -0.15) is 0 Å². The molecule has 0 saturated heterocycles. The molecular weight excluding hydrogens is 318 g/mol. The molecule has 20 heavy (non-hydrogen) atoms. The lowest BCUT2D eigenvalue weighted by atomic mass is 10.2. The molecule has 2 aromatic rings.